The van der Waals surface area contributed by atoms with Gasteiger partial charge in [0.2, 0.25) is 5.90 Å². The van der Waals surface area contributed by atoms with Crippen LogP contribution in [0.15, 0.2) is 76.2 Å². The number of hydrogen-bond donors (Lipinski definition) is 1. The maximum atomic E-state index is 13.6. The molecule has 0 radical (unpaired) electrons. The van der Waals surface area contributed by atoms with Gasteiger partial charge in [-0.2, -0.15) is 18.4 Å². The van der Waals surface area contributed by atoms with Crippen LogP contribution < -0.4 is 10.6 Å². The van der Waals surface area contributed by atoms with Crippen molar-refractivity contribution in [3.8, 4) is 6.07 Å². The van der Waals surface area contributed by atoms with E-state index in [9.17, 15) is 23.2 Å². The van der Waals surface area contributed by atoms with Gasteiger partial charge in [-0.05, 0) is 63.6 Å². The minimum Gasteiger partial charge on any atom is -0.475 e. The molecular weight excluding hydrogens is 497 g/mol. The van der Waals surface area contributed by atoms with Gasteiger partial charge in [-0.25, -0.2) is 9.79 Å². The summed E-state index contributed by atoms with van der Waals surface area (Å²) in [5.41, 5.74) is 7.23. The van der Waals surface area contributed by atoms with Crippen LogP contribution in [0.4, 0.5) is 18.9 Å². The number of hydrogen-bond acceptors (Lipinski definition) is 7. The number of nitrogens with two attached hydrogens (primary N) is 1. The molecule has 0 aliphatic carbocycles. The van der Waals surface area contributed by atoms with E-state index in [1.54, 1.807) is 38.1 Å². The van der Waals surface area contributed by atoms with E-state index >= 15 is 0 Å². The van der Waals surface area contributed by atoms with Crippen molar-refractivity contribution < 1.29 is 27.4 Å². The summed E-state index contributed by atoms with van der Waals surface area (Å²) in [4.78, 5) is 19.5. The molecule has 2 aromatic rings. The van der Waals surface area contributed by atoms with Gasteiger partial charge in [0.1, 0.15) is 12.4 Å². The lowest BCUT2D eigenvalue weighted by Gasteiger charge is -2.38. The summed E-state index contributed by atoms with van der Waals surface area (Å²) >= 11 is 0. The third-order valence-electron chi connectivity index (χ3n) is 6.32. The maximum absolute atomic E-state index is 13.6. The van der Waals surface area contributed by atoms with E-state index in [0.29, 0.717) is 22.4 Å². The van der Waals surface area contributed by atoms with Gasteiger partial charge in [0, 0.05) is 11.4 Å². The van der Waals surface area contributed by atoms with E-state index in [2.05, 4.69) is 11.1 Å². The number of aliphatic imine (C=N–C) groups is 1. The highest BCUT2D eigenvalue weighted by Gasteiger charge is 2.43. The fraction of sp³-hybridized carbons (Fsp3) is 0.321. The molecule has 2 N–H and O–H groups in total. The Balaban J connectivity index is 2.02. The predicted molar refractivity (Wildman–Crippen MR) is 136 cm³/mol. The number of anilines is 1. The molecule has 2 aliphatic heterocycles. The van der Waals surface area contributed by atoms with Crippen molar-refractivity contribution in [3.05, 3.63) is 87.9 Å². The zero-order chi connectivity index (χ0) is 27.8. The quantitative estimate of drug-likeness (QED) is 0.526. The Bertz CT molecular complexity index is 1400. The van der Waals surface area contributed by atoms with Crippen LogP contribution in [0.25, 0.3) is 0 Å². The second kappa shape index (κ2) is 9.89. The van der Waals surface area contributed by atoms with Crippen LogP contribution in [0.2, 0.25) is 0 Å². The minimum atomic E-state index is -4.58. The van der Waals surface area contributed by atoms with Gasteiger partial charge < -0.3 is 20.1 Å². The molecule has 1 unspecified atom stereocenters. The van der Waals surface area contributed by atoms with Crippen LogP contribution in [-0.2, 0) is 20.4 Å². The van der Waals surface area contributed by atoms with Crippen LogP contribution in [-0.4, -0.2) is 30.6 Å². The van der Waals surface area contributed by atoms with E-state index in [4.69, 9.17) is 15.2 Å². The van der Waals surface area contributed by atoms with Crippen LogP contribution in [0.5, 0.6) is 0 Å². The van der Waals surface area contributed by atoms with Crippen molar-refractivity contribution in [3.63, 3.8) is 0 Å². The van der Waals surface area contributed by atoms with Crippen molar-refractivity contribution in [1.82, 2.24) is 0 Å². The molecule has 7 nitrogen and oxygen atoms in total. The largest absolute Gasteiger partial charge is 0.475 e. The Hall–Kier alpha value is -4.26. The Morgan fingerprint density at radius 2 is 1.95 bits per heavy atom. The second-order valence-electron chi connectivity index (χ2n) is 9.59. The molecule has 2 aromatic carbocycles. The van der Waals surface area contributed by atoms with E-state index in [-0.39, 0.29) is 36.2 Å². The number of allylic oxidation sites excluding steroid dienone is 1. The summed E-state index contributed by atoms with van der Waals surface area (Å²) in [5.74, 6) is -1.20. The zero-order valence-electron chi connectivity index (χ0n) is 21.4. The Labute approximate surface area is 218 Å². The topological polar surface area (TPSA) is 101 Å². The highest BCUT2D eigenvalue weighted by atomic mass is 19.4. The standard InChI is InChI=1S/C28H27F3N4O3/c1-5-37-26(36)21-16(2)35(20-8-6-7-19(13-20)28(29,30)31)24(33)23(25-34-27(3,4)15-38-25)22(21)18-11-9-17(14-32)10-12-18/h6-13,22H,5,15,33H2,1-4H3. The fourth-order valence-corrected chi connectivity index (χ4v) is 4.59. The first kappa shape index (κ1) is 26.8. The van der Waals surface area contributed by atoms with Crippen LogP contribution >= 0.6 is 0 Å². The molecule has 0 saturated heterocycles. The van der Waals surface area contributed by atoms with Gasteiger partial charge in [-0.1, -0.05) is 18.2 Å². The molecule has 10 heteroatoms. The lowest BCUT2D eigenvalue weighted by Crippen LogP contribution is -2.39. The molecule has 1 atom stereocenters. The van der Waals surface area contributed by atoms with Crippen molar-refractivity contribution in [2.24, 2.45) is 10.7 Å². The van der Waals surface area contributed by atoms with Crippen molar-refractivity contribution in [2.45, 2.75) is 45.3 Å². The van der Waals surface area contributed by atoms with E-state index in [1.165, 1.54) is 17.0 Å². The van der Waals surface area contributed by atoms with Crippen LogP contribution in [0, 0.1) is 11.3 Å². The number of ether oxygens (including phenoxy) is 2. The average Bonchev–Trinajstić information content (AvgIpc) is 3.22. The summed E-state index contributed by atoms with van der Waals surface area (Å²) in [6.07, 6.45) is -4.58. The van der Waals surface area contributed by atoms with Gasteiger partial charge in [0.15, 0.2) is 0 Å². The minimum absolute atomic E-state index is 0.0701. The molecule has 0 saturated carbocycles. The number of nitrogens with zero attached hydrogens (tertiary/aromatic N) is 3. The monoisotopic (exact) mass is 524 g/mol. The molecule has 2 aliphatic rings. The number of halogens is 3. The van der Waals surface area contributed by atoms with Crippen molar-refractivity contribution in [2.75, 3.05) is 18.1 Å². The zero-order valence-corrected chi connectivity index (χ0v) is 21.4. The SMILES string of the molecule is CCOC(=O)C1=C(C)N(c2cccc(C(F)(F)F)c2)C(N)=C(C2=NC(C)(C)CO2)C1c1ccc(C#N)cc1. The predicted octanol–water partition coefficient (Wildman–Crippen LogP) is 5.40. The van der Waals surface area contributed by atoms with E-state index in [1.807, 2.05) is 13.8 Å². The summed E-state index contributed by atoms with van der Waals surface area (Å²) < 4.78 is 52.1. The molecule has 2 heterocycles. The van der Waals surface area contributed by atoms with Crippen LogP contribution in [0.1, 0.15) is 50.3 Å². The van der Waals surface area contributed by atoms with Gasteiger partial charge in [-0.15, -0.1) is 0 Å². The van der Waals surface area contributed by atoms with E-state index in [0.717, 1.165) is 12.1 Å². The molecule has 0 spiro atoms. The summed E-state index contributed by atoms with van der Waals surface area (Å²) in [6.45, 7) is 7.34. The Kier molecular flexibility index (Phi) is 6.98. The van der Waals surface area contributed by atoms with Crippen molar-refractivity contribution in [1.29, 1.82) is 5.26 Å². The average molecular weight is 525 g/mol. The lowest BCUT2D eigenvalue weighted by molar-refractivity contribution is -0.139. The number of esters is 1. The first-order chi connectivity index (χ1) is 17.9. The van der Waals surface area contributed by atoms with Gasteiger partial charge in [0.05, 0.1) is 46.4 Å². The third kappa shape index (κ3) is 4.96. The van der Waals surface area contributed by atoms with Gasteiger partial charge in [-0.3, -0.25) is 0 Å². The molecule has 0 fully saturated rings. The van der Waals surface area contributed by atoms with Crippen molar-refractivity contribution >= 4 is 17.6 Å². The highest BCUT2D eigenvalue weighted by Crippen LogP contribution is 2.45. The number of rotatable bonds is 5. The summed E-state index contributed by atoms with van der Waals surface area (Å²) in [5, 5.41) is 9.27. The summed E-state index contributed by atoms with van der Waals surface area (Å²) in [7, 11) is 0. The lowest BCUT2D eigenvalue weighted by atomic mass is 9.80. The first-order valence-electron chi connectivity index (χ1n) is 12.0. The first-order valence-corrected chi connectivity index (χ1v) is 12.0. The molecule has 0 aromatic heterocycles. The molecule has 4 rings (SSSR count). The summed E-state index contributed by atoms with van der Waals surface area (Å²) in [6, 6.07) is 13.4. The number of alkyl halides is 3. The molecule has 0 bridgehead atoms. The Morgan fingerprint density at radius 3 is 2.50 bits per heavy atom. The maximum Gasteiger partial charge on any atom is 0.416 e. The molecule has 38 heavy (non-hydrogen) atoms. The molecule has 198 valence electrons. The highest BCUT2D eigenvalue weighted by molar-refractivity contribution is 6.04. The Morgan fingerprint density at radius 1 is 1.26 bits per heavy atom. The normalized spacial score (nSPS) is 19.2. The second-order valence-corrected chi connectivity index (χ2v) is 9.59. The van der Waals surface area contributed by atoms with Gasteiger partial charge >= 0.3 is 12.1 Å². The number of nitriles is 1. The fourth-order valence-electron chi connectivity index (χ4n) is 4.59. The molecular formula is C28H27F3N4O3. The third-order valence-corrected chi connectivity index (χ3v) is 6.32. The van der Waals surface area contributed by atoms with Crippen LogP contribution in [0.3, 0.4) is 0 Å². The number of benzene rings is 2. The smallest absolute Gasteiger partial charge is 0.416 e. The van der Waals surface area contributed by atoms with Gasteiger partial charge in [0.25, 0.3) is 0 Å². The van der Waals surface area contributed by atoms with E-state index < -0.39 is 29.2 Å². The number of carbonyl (C=O) groups is 1. The molecule has 0 amide bonds. The number of carbonyl (C=O) groups excluding carboxylic acids is 1.